The Balaban J connectivity index is 2.04. The molecule has 2 N–H and O–H groups in total. The van der Waals surface area contributed by atoms with Crippen LogP contribution in [0.15, 0.2) is 0 Å². The summed E-state index contributed by atoms with van der Waals surface area (Å²) < 4.78 is 71.4. The summed E-state index contributed by atoms with van der Waals surface area (Å²) >= 11 is 0. The Morgan fingerprint density at radius 3 is 2.23 bits per heavy atom. The Kier molecular flexibility index (Phi) is 6.52. The van der Waals surface area contributed by atoms with Gasteiger partial charge in [-0.3, -0.25) is 9.59 Å². The highest BCUT2D eigenvalue weighted by molar-refractivity contribution is 5.91. The first-order chi connectivity index (χ1) is 12.3. The van der Waals surface area contributed by atoms with Crippen molar-refractivity contribution in [2.45, 2.75) is 19.8 Å². The highest BCUT2D eigenvalue weighted by atomic mass is 19.2. The van der Waals surface area contributed by atoms with Gasteiger partial charge in [0.1, 0.15) is 11.6 Å². The molecule has 5 nitrogen and oxygen atoms in total. The average molecular weight is 381 g/mol. The van der Waals surface area contributed by atoms with E-state index in [0.29, 0.717) is 24.3 Å². The Labute approximate surface area is 146 Å². The van der Waals surface area contributed by atoms with E-state index in [1.165, 1.54) is 0 Å². The Morgan fingerprint density at radius 1 is 1.08 bits per heavy atom. The number of likely N-dealkylation sites (tertiary alicyclic amines) is 1. The van der Waals surface area contributed by atoms with Crippen LogP contribution in [-0.2, 0) is 14.3 Å². The second kappa shape index (κ2) is 8.43. The molecule has 144 valence electrons. The Morgan fingerprint density at radius 2 is 1.65 bits per heavy atom. The molecule has 1 saturated heterocycles. The lowest BCUT2D eigenvalue weighted by molar-refractivity contribution is -0.899. The molecule has 1 amide bonds. The van der Waals surface area contributed by atoms with Crippen LogP contribution in [0.3, 0.4) is 0 Å². The van der Waals surface area contributed by atoms with Crippen LogP contribution in [0.25, 0.3) is 0 Å². The first kappa shape index (κ1) is 20.1. The van der Waals surface area contributed by atoms with Gasteiger partial charge in [0.2, 0.25) is 5.82 Å². The Bertz CT molecular complexity index is 685. The summed E-state index contributed by atoms with van der Waals surface area (Å²) in [5.74, 6) is -12.5. The fourth-order valence-corrected chi connectivity index (χ4v) is 2.90. The maximum Gasteiger partial charge on any atom is 0.314 e. The van der Waals surface area contributed by atoms with Gasteiger partial charge < -0.3 is 15.0 Å². The fraction of sp³-hybridized carbons (Fsp3) is 0.500. The molecule has 0 aromatic heterocycles. The van der Waals surface area contributed by atoms with E-state index in [1.54, 1.807) is 12.2 Å². The standard InChI is InChI=1S/C16H17F5N2O3/c1-2-26-16(25)8-4-3-5-23(6-8)7-9(24)22-15-13(20)11(18)10(17)12(19)14(15)21/h8H,2-7H2,1H3,(H,22,24)/p+1/t8-/m0/s1. The molecule has 2 atom stereocenters. The third-order valence-corrected chi connectivity index (χ3v) is 4.12. The van der Waals surface area contributed by atoms with Gasteiger partial charge in [-0.15, -0.1) is 0 Å². The molecule has 0 saturated carbocycles. The summed E-state index contributed by atoms with van der Waals surface area (Å²) in [7, 11) is 0. The molecule has 0 spiro atoms. The quantitative estimate of drug-likeness (QED) is 0.349. The number of hydrogen-bond acceptors (Lipinski definition) is 3. The number of esters is 1. The number of halogens is 5. The molecule has 1 heterocycles. The van der Waals surface area contributed by atoms with E-state index in [9.17, 15) is 31.5 Å². The SMILES string of the molecule is CCOC(=O)[C@H]1CCC[NH+](CC(=O)Nc2c(F)c(F)c(F)c(F)c2F)C1. The van der Waals surface area contributed by atoms with Crippen LogP contribution in [0.2, 0.25) is 0 Å². The van der Waals surface area contributed by atoms with Crippen LogP contribution in [0, 0.1) is 35.0 Å². The molecule has 0 bridgehead atoms. The van der Waals surface area contributed by atoms with Crippen molar-refractivity contribution in [1.82, 2.24) is 0 Å². The zero-order chi connectivity index (χ0) is 19.4. The van der Waals surface area contributed by atoms with Crippen LogP contribution in [0.5, 0.6) is 0 Å². The van der Waals surface area contributed by atoms with Gasteiger partial charge >= 0.3 is 5.97 Å². The second-order valence-corrected chi connectivity index (χ2v) is 5.97. The summed E-state index contributed by atoms with van der Waals surface area (Å²) in [6, 6.07) is 0. The first-order valence-corrected chi connectivity index (χ1v) is 8.07. The summed E-state index contributed by atoms with van der Waals surface area (Å²) in [5, 5.41) is 1.73. The van der Waals surface area contributed by atoms with E-state index in [0.717, 1.165) is 0 Å². The molecule has 2 rings (SSSR count). The summed E-state index contributed by atoms with van der Waals surface area (Å²) in [5.41, 5.74) is -1.38. The number of nitrogens with one attached hydrogen (secondary N) is 2. The molecule has 1 unspecified atom stereocenters. The van der Waals surface area contributed by atoms with E-state index in [2.05, 4.69) is 0 Å². The predicted molar refractivity (Wildman–Crippen MR) is 79.8 cm³/mol. The number of carbonyl (C=O) groups is 2. The second-order valence-electron chi connectivity index (χ2n) is 5.97. The number of benzene rings is 1. The molecule has 0 radical (unpaired) electrons. The zero-order valence-electron chi connectivity index (χ0n) is 13.9. The maximum absolute atomic E-state index is 13.6. The van der Waals surface area contributed by atoms with Crippen molar-refractivity contribution >= 4 is 17.6 Å². The van der Waals surface area contributed by atoms with Crippen molar-refractivity contribution in [2.75, 3.05) is 31.6 Å². The van der Waals surface area contributed by atoms with E-state index >= 15 is 0 Å². The smallest absolute Gasteiger partial charge is 0.314 e. The summed E-state index contributed by atoms with van der Waals surface area (Å²) in [6.45, 7) is 2.42. The molecular weight excluding hydrogens is 363 g/mol. The van der Waals surface area contributed by atoms with Crippen molar-refractivity contribution in [3.63, 3.8) is 0 Å². The topological polar surface area (TPSA) is 59.8 Å². The highest BCUT2D eigenvalue weighted by Crippen LogP contribution is 2.26. The lowest BCUT2D eigenvalue weighted by Gasteiger charge is -2.28. The summed E-state index contributed by atoms with van der Waals surface area (Å²) in [4.78, 5) is 24.4. The van der Waals surface area contributed by atoms with Crippen molar-refractivity contribution in [1.29, 1.82) is 0 Å². The number of hydrogen-bond donors (Lipinski definition) is 2. The summed E-state index contributed by atoms with van der Waals surface area (Å²) in [6.07, 6.45) is 1.23. The third kappa shape index (κ3) is 4.29. The molecule has 1 aliphatic heterocycles. The zero-order valence-corrected chi connectivity index (χ0v) is 13.9. The van der Waals surface area contributed by atoms with Gasteiger partial charge in [0.25, 0.3) is 5.91 Å². The van der Waals surface area contributed by atoms with E-state index in [-0.39, 0.29) is 25.7 Å². The highest BCUT2D eigenvalue weighted by Gasteiger charge is 2.32. The number of quaternary nitrogens is 1. The van der Waals surface area contributed by atoms with Gasteiger partial charge in [-0.05, 0) is 19.8 Å². The Hall–Kier alpha value is -2.23. The van der Waals surface area contributed by atoms with Gasteiger partial charge in [0.15, 0.2) is 29.8 Å². The number of rotatable bonds is 5. The number of piperidine rings is 1. The van der Waals surface area contributed by atoms with Crippen LogP contribution >= 0.6 is 0 Å². The van der Waals surface area contributed by atoms with Gasteiger partial charge in [-0.2, -0.15) is 0 Å². The molecule has 1 aromatic rings. The lowest BCUT2D eigenvalue weighted by Crippen LogP contribution is -3.14. The lowest BCUT2D eigenvalue weighted by atomic mass is 9.98. The van der Waals surface area contributed by atoms with Crippen molar-refractivity contribution in [3.8, 4) is 0 Å². The van der Waals surface area contributed by atoms with Crippen LogP contribution < -0.4 is 10.2 Å². The van der Waals surface area contributed by atoms with E-state index in [1.807, 2.05) is 0 Å². The maximum atomic E-state index is 13.6. The van der Waals surface area contributed by atoms with Crippen molar-refractivity contribution in [2.24, 2.45) is 5.92 Å². The molecule has 0 aliphatic carbocycles. The third-order valence-electron chi connectivity index (χ3n) is 4.12. The minimum absolute atomic E-state index is 0.228. The average Bonchev–Trinajstić information content (AvgIpc) is 2.62. The monoisotopic (exact) mass is 381 g/mol. The van der Waals surface area contributed by atoms with Crippen LogP contribution in [0.1, 0.15) is 19.8 Å². The van der Waals surface area contributed by atoms with Crippen molar-refractivity contribution in [3.05, 3.63) is 29.1 Å². The van der Waals surface area contributed by atoms with Gasteiger partial charge in [-0.1, -0.05) is 0 Å². The largest absolute Gasteiger partial charge is 0.466 e. The van der Waals surface area contributed by atoms with Gasteiger partial charge in [0, 0.05) is 0 Å². The van der Waals surface area contributed by atoms with E-state index < -0.39 is 46.6 Å². The number of amides is 1. The molecule has 1 aromatic carbocycles. The minimum atomic E-state index is -2.29. The van der Waals surface area contributed by atoms with Crippen molar-refractivity contribution < 1.29 is 41.2 Å². The number of carbonyl (C=O) groups excluding carboxylic acids is 2. The number of anilines is 1. The van der Waals surface area contributed by atoms with Gasteiger partial charge in [-0.25, -0.2) is 22.0 Å². The first-order valence-electron chi connectivity index (χ1n) is 8.07. The molecule has 10 heteroatoms. The van der Waals surface area contributed by atoms with Gasteiger partial charge in [0.05, 0.1) is 19.7 Å². The number of ether oxygens (including phenoxy) is 1. The minimum Gasteiger partial charge on any atom is -0.466 e. The molecule has 1 fully saturated rings. The molecular formula is C16H18F5N2O3+. The van der Waals surface area contributed by atoms with Crippen LogP contribution in [-0.4, -0.2) is 38.1 Å². The molecule has 26 heavy (non-hydrogen) atoms. The normalized spacial score (nSPS) is 19.9. The predicted octanol–water partition coefficient (Wildman–Crippen LogP) is 1.18. The van der Waals surface area contributed by atoms with E-state index in [4.69, 9.17) is 4.74 Å². The van der Waals surface area contributed by atoms with Crippen LogP contribution in [0.4, 0.5) is 27.6 Å². The molecule has 1 aliphatic rings. The fourth-order valence-electron chi connectivity index (χ4n) is 2.90.